The second kappa shape index (κ2) is 8.37. The molecule has 2 heterocycles. The number of amides is 1. The van der Waals surface area contributed by atoms with Crippen LogP contribution in [0.15, 0.2) is 29.6 Å². The first-order chi connectivity index (χ1) is 13.7. The number of hydrogen-bond donors (Lipinski definition) is 1. The van der Waals surface area contributed by atoms with Crippen LogP contribution in [0.4, 0.5) is 5.69 Å². The minimum Gasteiger partial charge on any atom is -0.461 e. The molecule has 7 heteroatoms. The normalized spacial score (nSPS) is 11.6. The van der Waals surface area contributed by atoms with Gasteiger partial charge in [0.15, 0.2) is 0 Å². The summed E-state index contributed by atoms with van der Waals surface area (Å²) in [6.45, 7) is 10.6. The second-order valence-corrected chi connectivity index (χ2v) is 9.32. The average molecular weight is 414 g/mol. The average Bonchev–Trinajstić information content (AvgIpc) is 3.17. The van der Waals surface area contributed by atoms with Crippen molar-refractivity contribution in [3.05, 3.63) is 46.0 Å². The minimum atomic E-state index is -0.367. The van der Waals surface area contributed by atoms with E-state index in [2.05, 4.69) is 10.3 Å². The van der Waals surface area contributed by atoms with Crippen LogP contribution < -0.4 is 5.32 Å². The molecule has 2 aromatic heterocycles. The number of nitrogens with one attached hydrogen (secondary N) is 1. The standard InChI is InChI=1S/C22H27N3O3S/c1-6-28-21(27)19-10-15-9-16(24-20(26)11-22(3,4)5)7-8-18(15)25(19)12-17-13-29-14(2)23-17/h7-10,13H,6,11-12H2,1-5H3,(H,24,26). The third-order valence-electron chi connectivity index (χ3n) is 4.35. The van der Waals surface area contributed by atoms with E-state index in [0.29, 0.717) is 31.0 Å². The molecule has 0 saturated carbocycles. The summed E-state index contributed by atoms with van der Waals surface area (Å²) < 4.78 is 7.16. The number of benzene rings is 1. The van der Waals surface area contributed by atoms with Gasteiger partial charge in [-0.1, -0.05) is 20.8 Å². The van der Waals surface area contributed by atoms with E-state index in [9.17, 15) is 9.59 Å². The number of carbonyl (C=O) groups is 2. The molecule has 0 atom stereocenters. The minimum absolute atomic E-state index is 0.0279. The predicted molar refractivity (Wildman–Crippen MR) is 117 cm³/mol. The maximum Gasteiger partial charge on any atom is 0.354 e. The molecular formula is C22H27N3O3S. The number of aromatic nitrogens is 2. The Morgan fingerprint density at radius 2 is 2.00 bits per heavy atom. The van der Waals surface area contributed by atoms with Gasteiger partial charge in [0, 0.05) is 28.4 Å². The maximum absolute atomic E-state index is 12.5. The fourth-order valence-corrected chi connectivity index (χ4v) is 3.83. The number of carbonyl (C=O) groups excluding carboxylic acids is 2. The number of ether oxygens (including phenoxy) is 1. The van der Waals surface area contributed by atoms with Gasteiger partial charge in [0.2, 0.25) is 5.91 Å². The van der Waals surface area contributed by atoms with Crippen LogP contribution in [0.3, 0.4) is 0 Å². The summed E-state index contributed by atoms with van der Waals surface area (Å²) in [6.07, 6.45) is 0.434. The van der Waals surface area contributed by atoms with E-state index in [1.54, 1.807) is 18.3 Å². The molecule has 0 aliphatic carbocycles. The van der Waals surface area contributed by atoms with Crippen molar-refractivity contribution < 1.29 is 14.3 Å². The molecule has 29 heavy (non-hydrogen) atoms. The van der Waals surface area contributed by atoms with Crippen LogP contribution in [0.5, 0.6) is 0 Å². The molecule has 1 amide bonds. The molecule has 6 nitrogen and oxygen atoms in total. The number of esters is 1. The third-order valence-corrected chi connectivity index (χ3v) is 5.17. The molecule has 0 saturated heterocycles. The first-order valence-electron chi connectivity index (χ1n) is 9.67. The van der Waals surface area contributed by atoms with Crippen molar-refractivity contribution in [3.8, 4) is 0 Å². The van der Waals surface area contributed by atoms with Crippen LogP contribution >= 0.6 is 11.3 Å². The Morgan fingerprint density at radius 3 is 2.62 bits per heavy atom. The van der Waals surface area contributed by atoms with Gasteiger partial charge >= 0.3 is 5.97 Å². The van der Waals surface area contributed by atoms with Gasteiger partial charge in [0.25, 0.3) is 0 Å². The number of aryl methyl sites for hydroxylation is 1. The van der Waals surface area contributed by atoms with Gasteiger partial charge in [0.05, 0.1) is 23.9 Å². The Bertz CT molecular complexity index is 1040. The largest absolute Gasteiger partial charge is 0.461 e. The Hall–Kier alpha value is -2.67. The summed E-state index contributed by atoms with van der Waals surface area (Å²) in [7, 11) is 0. The predicted octanol–water partition coefficient (Wildman–Crippen LogP) is 5.01. The monoisotopic (exact) mass is 413 g/mol. The molecule has 0 unspecified atom stereocenters. The molecule has 154 valence electrons. The van der Waals surface area contributed by atoms with Crippen LogP contribution in [0, 0.1) is 12.3 Å². The molecule has 0 bridgehead atoms. The molecule has 0 aliphatic heterocycles. The third kappa shape index (κ3) is 5.23. The zero-order chi connectivity index (χ0) is 21.2. The zero-order valence-electron chi connectivity index (χ0n) is 17.5. The smallest absolute Gasteiger partial charge is 0.354 e. The number of fused-ring (bicyclic) bond motifs is 1. The molecule has 3 rings (SSSR count). The number of thiazole rings is 1. The number of anilines is 1. The summed E-state index contributed by atoms with van der Waals surface area (Å²) in [5, 5.41) is 6.80. The Kier molecular flexibility index (Phi) is 6.07. The summed E-state index contributed by atoms with van der Waals surface area (Å²) in [5.74, 6) is -0.395. The zero-order valence-corrected chi connectivity index (χ0v) is 18.4. The lowest BCUT2D eigenvalue weighted by molar-refractivity contribution is -0.117. The molecule has 3 aromatic rings. The Morgan fingerprint density at radius 1 is 1.24 bits per heavy atom. The van der Waals surface area contributed by atoms with Crippen LogP contribution in [0.1, 0.15) is 55.3 Å². The second-order valence-electron chi connectivity index (χ2n) is 8.25. The highest BCUT2D eigenvalue weighted by atomic mass is 32.1. The molecule has 1 N–H and O–H groups in total. The van der Waals surface area contributed by atoms with Crippen molar-refractivity contribution in [3.63, 3.8) is 0 Å². The lowest BCUT2D eigenvalue weighted by Gasteiger charge is -2.17. The van der Waals surface area contributed by atoms with Gasteiger partial charge < -0.3 is 14.6 Å². The van der Waals surface area contributed by atoms with Crippen molar-refractivity contribution in [2.45, 2.75) is 47.6 Å². The quantitative estimate of drug-likeness (QED) is 0.577. The topological polar surface area (TPSA) is 73.2 Å². The summed E-state index contributed by atoms with van der Waals surface area (Å²) in [4.78, 5) is 29.3. The van der Waals surface area contributed by atoms with E-state index < -0.39 is 0 Å². The molecule has 0 fully saturated rings. The van der Waals surface area contributed by atoms with Crippen molar-refractivity contribution >= 4 is 39.8 Å². The molecule has 1 aromatic carbocycles. The fraction of sp³-hybridized carbons (Fsp3) is 0.409. The van der Waals surface area contributed by atoms with Gasteiger partial charge in [-0.2, -0.15) is 0 Å². The SMILES string of the molecule is CCOC(=O)c1cc2cc(NC(=O)CC(C)(C)C)ccc2n1Cc1csc(C)n1. The van der Waals surface area contributed by atoms with Crippen molar-refractivity contribution in [2.75, 3.05) is 11.9 Å². The lowest BCUT2D eigenvalue weighted by Crippen LogP contribution is -2.19. The number of nitrogens with zero attached hydrogens (tertiary/aromatic N) is 2. The van der Waals surface area contributed by atoms with Crippen molar-refractivity contribution in [1.29, 1.82) is 0 Å². The van der Waals surface area contributed by atoms with Gasteiger partial charge in [0.1, 0.15) is 5.69 Å². The van der Waals surface area contributed by atoms with E-state index in [-0.39, 0.29) is 17.3 Å². The first kappa shape index (κ1) is 21.0. The van der Waals surface area contributed by atoms with E-state index >= 15 is 0 Å². The van der Waals surface area contributed by atoms with E-state index in [1.807, 2.05) is 61.9 Å². The van der Waals surface area contributed by atoms with E-state index in [4.69, 9.17) is 4.74 Å². The Labute approximate surface area is 174 Å². The maximum atomic E-state index is 12.5. The first-order valence-corrected chi connectivity index (χ1v) is 10.6. The Balaban J connectivity index is 1.95. The summed E-state index contributed by atoms with van der Waals surface area (Å²) >= 11 is 1.58. The van der Waals surface area contributed by atoms with Gasteiger partial charge in [-0.15, -0.1) is 11.3 Å². The molecule has 0 aliphatic rings. The van der Waals surface area contributed by atoms with Crippen molar-refractivity contribution in [1.82, 2.24) is 9.55 Å². The lowest BCUT2D eigenvalue weighted by atomic mass is 9.92. The molecule has 0 radical (unpaired) electrons. The van der Waals surface area contributed by atoms with Gasteiger partial charge in [-0.25, -0.2) is 9.78 Å². The van der Waals surface area contributed by atoms with Gasteiger partial charge in [-0.05, 0) is 43.5 Å². The highest BCUT2D eigenvalue weighted by molar-refractivity contribution is 7.09. The molecular weight excluding hydrogens is 386 g/mol. The van der Waals surface area contributed by atoms with E-state index in [1.165, 1.54) is 0 Å². The van der Waals surface area contributed by atoms with Crippen molar-refractivity contribution in [2.24, 2.45) is 5.41 Å². The summed E-state index contributed by atoms with van der Waals surface area (Å²) in [6, 6.07) is 7.48. The van der Waals surface area contributed by atoms with Crippen LogP contribution in [-0.4, -0.2) is 28.0 Å². The summed E-state index contributed by atoms with van der Waals surface area (Å²) in [5.41, 5.74) is 2.90. The number of rotatable bonds is 6. The molecule has 0 spiro atoms. The van der Waals surface area contributed by atoms with Crippen LogP contribution in [-0.2, 0) is 16.1 Å². The highest BCUT2D eigenvalue weighted by Crippen LogP contribution is 2.27. The van der Waals surface area contributed by atoms with E-state index in [0.717, 1.165) is 21.6 Å². The highest BCUT2D eigenvalue weighted by Gasteiger charge is 2.19. The number of hydrogen-bond acceptors (Lipinski definition) is 5. The van der Waals surface area contributed by atoms with Gasteiger partial charge in [-0.3, -0.25) is 4.79 Å². The van der Waals surface area contributed by atoms with Crippen LogP contribution in [0.2, 0.25) is 0 Å². The van der Waals surface area contributed by atoms with Crippen LogP contribution in [0.25, 0.3) is 10.9 Å². The fourth-order valence-electron chi connectivity index (χ4n) is 3.22.